The lowest BCUT2D eigenvalue weighted by molar-refractivity contribution is 0.0772. The Morgan fingerprint density at radius 1 is 1.28 bits per heavy atom. The van der Waals surface area contributed by atoms with E-state index in [1.807, 2.05) is 18.8 Å². The van der Waals surface area contributed by atoms with Gasteiger partial charge in [0.15, 0.2) is 0 Å². The van der Waals surface area contributed by atoms with Crippen LogP contribution in [0.15, 0.2) is 29.2 Å². The first kappa shape index (κ1) is 18.7. The van der Waals surface area contributed by atoms with Gasteiger partial charge in [-0.25, -0.2) is 13.1 Å². The van der Waals surface area contributed by atoms with E-state index >= 15 is 0 Å². The van der Waals surface area contributed by atoms with Crippen LogP contribution in [0.5, 0.6) is 0 Å². The molecule has 2 aliphatic rings. The predicted molar refractivity (Wildman–Crippen MR) is 101 cm³/mol. The van der Waals surface area contributed by atoms with E-state index in [1.54, 1.807) is 23.1 Å². The summed E-state index contributed by atoms with van der Waals surface area (Å²) in [4.78, 5) is 16.7. The van der Waals surface area contributed by atoms with Crippen molar-refractivity contribution >= 4 is 27.7 Å². The fourth-order valence-electron chi connectivity index (χ4n) is 3.27. The van der Waals surface area contributed by atoms with Gasteiger partial charge in [0.25, 0.3) is 5.91 Å². The summed E-state index contributed by atoms with van der Waals surface area (Å²) >= 11 is 1.83. The van der Waals surface area contributed by atoms with Crippen LogP contribution in [-0.4, -0.2) is 74.9 Å². The average Bonchev–Trinajstić information content (AvgIpc) is 3.05. The molecule has 25 heavy (non-hydrogen) atoms. The zero-order valence-electron chi connectivity index (χ0n) is 14.5. The highest BCUT2D eigenvalue weighted by atomic mass is 32.2. The van der Waals surface area contributed by atoms with Crippen molar-refractivity contribution in [3.8, 4) is 0 Å². The second kappa shape index (κ2) is 8.07. The second-order valence-electron chi connectivity index (χ2n) is 6.56. The standard InChI is InChI=1S/C17H25N3O3S2/c1-19-7-3-5-15(19)13-18-25(22,23)16-6-2-4-14(12-16)17(21)20-8-10-24-11-9-20/h2,4,6,12,15,18H,3,5,7-11,13H2,1H3/t15-/m0/s1. The lowest BCUT2D eigenvalue weighted by atomic mass is 10.2. The van der Waals surface area contributed by atoms with Crippen molar-refractivity contribution in [3.63, 3.8) is 0 Å². The molecule has 0 spiro atoms. The number of hydrogen-bond acceptors (Lipinski definition) is 5. The van der Waals surface area contributed by atoms with E-state index in [0.29, 0.717) is 25.2 Å². The largest absolute Gasteiger partial charge is 0.337 e. The van der Waals surface area contributed by atoms with Gasteiger partial charge in [-0.2, -0.15) is 11.8 Å². The lowest BCUT2D eigenvalue weighted by Crippen LogP contribution is -2.39. The van der Waals surface area contributed by atoms with Gasteiger partial charge in [0.2, 0.25) is 10.0 Å². The Labute approximate surface area is 154 Å². The first-order valence-electron chi connectivity index (χ1n) is 8.64. The third kappa shape index (κ3) is 4.55. The molecule has 0 aromatic heterocycles. The van der Waals surface area contributed by atoms with Crippen LogP contribution in [0.4, 0.5) is 0 Å². The topological polar surface area (TPSA) is 69.7 Å². The van der Waals surface area contributed by atoms with Crippen molar-refractivity contribution in [1.82, 2.24) is 14.5 Å². The van der Waals surface area contributed by atoms with Gasteiger partial charge in [-0.15, -0.1) is 0 Å². The molecule has 2 saturated heterocycles. The highest BCUT2D eigenvalue weighted by Crippen LogP contribution is 2.18. The highest BCUT2D eigenvalue weighted by molar-refractivity contribution is 7.99. The minimum Gasteiger partial charge on any atom is -0.337 e. The van der Waals surface area contributed by atoms with Gasteiger partial charge >= 0.3 is 0 Å². The minimum atomic E-state index is -3.61. The summed E-state index contributed by atoms with van der Waals surface area (Å²) in [5.74, 6) is 1.77. The molecular formula is C17H25N3O3S2. The van der Waals surface area contributed by atoms with Gasteiger partial charge in [-0.05, 0) is 44.6 Å². The normalized spacial score (nSPS) is 22.3. The van der Waals surface area contributed by atoms with Gasteiger partial charge in [0.05, 0.1) is 4.90 Å². The van der Waals surface area contributed by atoms with Gasteiger partial charge < -0.3 is 9.80 Å². The molecule has 0 radical (unpaired) electrons. The highest BCUT2D eigenvalue weighted by Gasteiger charge is 2.24. The second-order valence-corrected chi connectivity index (χ2v) is 9.55. The molecule has 0 aliphatic carbocycles. The van der Waals surface area contributed by atoms with E-state index in [9.17, 15) is 13.2 Å². The maximum absolute atomic E-state index is 12.6. The van der Waals surface area contributed by atoms with E-state index in [2.05, 4.69) is 9.62 Å². The molecule has 1 atom stereocenters. The molecule has 1 aromatic rings. The maximum atomic E-state index is 12.6. The summed E-state index contributed by atoms with van der Waals surface area (Å²) < 4.78 is 27.9. The predicted octanol–water partition coefficient (Wildman–Crippen LogP) is 1.25. The lowest BCUT2D eigenvalue weighted by Gasteiger charge is -2.26. The zero-order chi connectivity index (χ0) is 17.9. The number of rotatable bonds is 5. The summed E-state index contributed by atoms with van der Waals surface area (Å²) in [6, 6.07) is 6.61. The summed E-state index contributed by atoms with van der Waals surface area (Å²) in [6.45, 7) is 2.84. The third-order valence-corrected chi connectivity index (χ3v) is 7.23. The van der Waals surface area contributed by atoms with Crippen LogP contribution in [-0.2, 0) is 10.0 Å². The molecule has 2 fully saturated rings. The monoisotopic (exact) mass is 383 g/mol. The molecule has 1 aromatic carbocycles. The van der Waals surface area contributed by atoms with E-state index < -0.39 is 10.0 Å². The van der Waals surface area contributed by atoms with Crippen molar-refractivity contribution in [3.05, 3.63) is 29.8 Å². The summed E-state index contributed by atoms with van der Waals surface area (Å²) in [5, 5.41) is 0. The first-order valence-corrected chi connectivity index (χ1v) is 11.3. The number of nitrogens with zero attached hydrogens (tertiary/aromatic N) is 2. The number of thioether (sulfide) groups is 1. The molecule has 138 valence electrons. The Bertz CT molecular complexity index is 718. The van der Waals surface area contributed by atoms with Crippen molar-refractivity contribution < 1.29 is 13.2 Å². The van der Waals surface area contributed by atoms with Gasteiger partial charge in [0, 0.05) is 42.7 Å². The number of hydrogen-bond donors (Lipinski definition) is 1. The zero-order valence-corrected chi connectivity index (χ0v) is 16.1. The number of carbonyl (C=O) groups is 1. The summed E-state index contributed by atoms with van der Waals surface area (Å²) in [6.07, 6.45) is 2.10. The van der Waals surface area contributed by atoms with Crippen LogP contribution in [0, 0.1) is 0 Å². The number of nitrogens with one attached hydrogen (secondary N) is 1. The molecule has 2 aliphatic heterocycles. The minimum absolute atomic E-state index is 0.0899. The molecular weight excluding hydrogens is 358 g/mol. The van der Waals surface area contributed by atoms with Crippen molar-refractivity contribution in [2.45, 2.75) is 23.8 Å². The summed E-state index contributed by atoms with van der Waals surface area (Å²) in [7, 11) is -1.59. The SMILES string of the molecule is CN1CCC[C@H]1CNS(=O)(=O)c1cccc(C(=O)N2CCSCC2)c1. The van der Waals surface area contributed by atoms with Crippen molar-refractivity contribution in [2.24, 2.45) is 0 Å². The fraction of sp³-hybridized carbons (Fsp3) is 0.588. The first-order chi connectivity index (χ1) is 12.0. The molecule has 3 rings (SSSR count). The Morgan fingerprint density at radius 2 is 2.04 bits per heavy atom. The van der Waals surface area contributed by atoms with Crippen molar-refractivity contribution in [1.29, 1.82) is 0 Å². The number of amides is 1. The smallest absolute Gasteiger partial charge is 0.253 e. The molecule has 0 unspecified atom stereocenters. The molecule has 1 N–H and O–H groups in total. The van der Waals surface area contributed by atoms with E-state index in [-0.39, 0.29) is 16.8 Å². The summed E-state index contributed by atoms with van der Waals surface area (Å²) in [5.41, 5.74) is 0.438. The van der Waals surface area contributed by atoms with Crippen LogP contribution >= 0.6 is 11.8 Å². The molecule has 6 nitrogen and oxygen atoms in total. The Hall–Kier alpha value is -1.09. The van der Waals surface area contributed by atoms with Crippen LogP contribution in [0.1, 0.15) is 23.2 Å². The van der Waals surface area contributed by atoms with E-state index in [0.717, 1.165) is 30.9 Å². The van der Waals surface area contributed by atoms with E-state index in [1.165, 1.54) is 6.07 Å². The van der Waals surface area contributed by atoms with Crippen LogP contribution < -0.4 is 4.72 Å². The average molecular weight is 384 g/mol. The van der Waals surface area contributed by atoms with Crippen LogP contribution in [0.25, 0.3) is 0 Å². The number of benzene rings is 1. The van der Waals surface area contributed by atoms with Gasteiger partial charge in [-0.1, -0.05) is 6.07 Å². The Kier molecular flexibility index (Phi) is 6.04. The van der Waals surface area contributed by atoms with E-state index in [4.69, 9.17) is 0 Å². The number of likely N-dealkylation sites (tertiary alicyclic amines) is 1. The third-order valence-electron chi connectivity index (χ3n) is 4.87. The van der Waals surface area contributed by atoms with Crippen LogP contribution in [0.3, 0.4) is 0 Å². The Morgan fingerprint density at radius 3 is 2.72 bits per heavy atom. The van der Waals surface area contributed by atoms with Gasteiger partial charge in [0.1, 0.15) is 0 Å². The fourth-order valence-corrected chi connectivity index (χ4v) is 5.29. The van der Waals surface area contributed by atoms with Gasteiger partial charge in [-0.3, -0.25) is 4.79 Å². The maximum Gasteiger partial charge on any atom is 0.253 e. The molecule has 0 saturated carbocycles. The Balaban J connectivity index is 1.70. The molecule has 1 amide bonds. The molecule has 2 heterocycles. The number of likely N-dealkylation sites (N-methyl/N-ethyl adjacent to an activating group) is 1. The number of sulfonamides is 1. The molecule has 0 bridgehead atoms. The van der Waals surface area contributed by atoms with Crippen molar-refractivity contribution in [2.75, 3.05) is 44.7 Å². The molecule has 8 heteroatoms. The number of carbonyl (C=O) groups excluding carboxylic acids is 1. The quantitative estimate of drug-likeness (QED) is 0.829. The van der Waals surface area contributed by atoms with Crippen LogP contribution in [0.2, 0.25) is 0 Å².